The van der Waals surface area contributed by atoms with Gasteiger partial charge in [0, 0.05) is 55.5 Å². The molecule has 0 unspecified atom stereocenters. The van der Waals surface area contributed by atoms with Crippen molar-refractivity contribution in [2.75, 3.05) is 19.6 Å². The molecule has 1 aliphatic carbocycles. The second-order valence-corrected chi connectivity index (χ2v) is 9.76. The Hall–Kier alpha value is -2.51. The van der Waals surface area contributed by atoms with Crippen molar-refractivity contribution in [2.45, 2.75) is 50.9 Å². The lowest BCUT2D eigenvalue weighted by Gasteiger charge is -2.29. The number of aromatic nitrogens is 1. The third-order valence-electron chi connectivity index (χ3n) is 7.83. The fraction of sp³-hybridized carbons (Fsp3) is 0.560. The van der Waals surface area contributed by atoms with E-state index in [0.717, 1.165) is 51.0 Å². The van der Waals surface area contributed by atoms with E-state index >= 15 is 0 Å². The van der Waals surface area contributed by atoms with Crippen LogP contribution in [0, 0.1) is 24.7 Å². The topological polar surface area (TPSA) is 91.8 Å². The molecule has 1 amide bonds. The SMILES string of the molecule is Cc1ccc2ncccc2c1CN1C[C@@H]2[C@H](CNC(=O)C3CC3)[C@H]3CC[C@]2(C1)O3.O=CO. The van der Waals surface area contributed by atoms with E-state index in [-0.39, 0.29) is 23.9 Å². The number of hydrogen-bond donors (Lipinski definition) is 2. The maximum Gasteiger partial charge on any atom is 0.290 e. The fourth-order valence-electron chi connectivity index (χ4n) is 6.14. The smallest absolute Gasteiger partial charge is 0.290 e. The molecule has 32 heavy (non-hydrogen) atoms. The number of likely N-dealkylation sites (tertiary alicyclic amines) is 1. The van der Waals surface area contributed by atoms with Gasteiger partial charge in [0.2, 0.25) is 5.91 Å². The maximum atomic E-state index is 12.2. The zero-order valence-corrected chi connectivity index (χ0v) is 18.5. The van der Waals surface area contributed by atoms with Gasteiger partial charge in [-0.1, -0.05) is 12.1 Å². The summed E-state index contributed by atoms with van der Waals surface area (Å²) in [4.78, 5) is 27.6. The molecule has 1 spiro atoms. The molecule has 4 heterocycles. The van der Waals surface area contributed by atoms with E-state index in [4.69, 9.17) is 14.6 Å². The highest BCUT2D eigenvalue weighted by molar-refractivity contribution is 5.83. The number of nitrogens with zero attached hydrogens (tertiary/aromatic N) is 2. The fourth-order valence-corrected chi connectivity index (χ4v) is 6.14. The number of ether oxygens (including phenoxy) is 1. The van der Waals surface area contributed by atoms with Crippen molar-refractivity contribution >= 4 is 23.3 Å². The van der Waals surface area contributed by atoms with Crippen LogP contribution in [0.25, 0.3) is 10.9 Å². The average molecular weight is 438 g/mol. The number of amides is 1. The number of benzene rings is 1. The third-order valence-corrected chi connectivity index (χ3v) is 7.83. The van der Waals surface area contributed by atoms with Gasteiger partial charge < -0.3 is 15.2 Å². The molecule has 2 bridgehead atoms. The molecule has 1 saturated carbocycles. The normalized spacial score (nSPS) is 30.6. The minimum absolute atomic E-state index is 0.0103. The molecule has 4 aliphatic rings. The average Bonchev–Trinajstić information content (AvgIpc) is 3.39. The number of carbonyl (C=O) groups excluding carboxylic acids is 1. The minimum Gasteiger partial charge on any atom is -0.483 e. The van der Waals surface area contributed by atoms with Crippen LogP contribution in [0.5, 0.6) is 0 Å². The van der Waals surface area contributed by atoms with Gasteiger partial charge in [-0.15, -0.1) is 0 Å². The number of hydrogen-bond acceptors (Lipinski definition) is 5. The van der Waals surface area contributed by atoms with Crippen molar-refractivity contribution in [3.8, 4) is 0 Å². The number of carboxylic acid groups (broad SMARTS) is 1. The zero-order chi connectivity index (χ0) is 22.3. The quantitative estimate of drug-likeness (QED) is 0.699. The summed E-state index contributed by atoms with van der Waals surface area (Å²) in [5.41, 5.74) is 3.80. The van der Waals surface area contributed by atoms with Crippen LogP contribution in [0.4, 0.5) is 0 Å². The van der Waals surface area contributed by atoms with Crippen LogP contribution in [0.1, 0.15) is 36.8 Å². The van der Waals surface area contributed by atoms with E-state index in [0.29, 0.717) is 17.9 Å². The first-order chi connectivity index (χ1) is 15.5. The predicted octanol–water partition coefficient (Wildman–Crippen LogP) is 2.75. The van der Waals surface area contributed by atoms with Crippen molar-refractivity contribution in [1.29, 1.82) is 0 Å². The molecule has 6 rings (SSSR count). The predicted molar refractivity (Wildman–Crippen MR) is 120 cm³/mol. The van der Waals surface area contributed by atoms with E-state index in [9.17, 15) is 4.79 Å². The van der Waals surface area contributed by atoms with Crippen molar-refractivity contribution in [2.24, 2.45) is 17.8 Å². The molecule has 2 aromatic rings. The van der Waals surface area contributed by atoms with Crippen LogP contribution >= 0.6 is 0 Å². The Morgan fingerprint density at radius 1 is 1.34 bits per heavy atom. The van der Waals surface area contributed by atoms with Crippen molar-refractivity contribution in [1.82, 2.24) is 15.2 Å². The number of nitrogens with one attached hydrogen (secondary N) is 1. The van der Waals surface area contributed by atoms with Crippen molar-refractivity contribution in [3.05, 3.63) is 41.6 Å². The summed E-state index contributed by atoms with van der Waals surface area (Å²) >= 11 is 0. The van der Waals surface area contributed by atoms with E-state index in [1.165, 1.54) is 22.9 Å². The van der Waals surface area contributed by atoms with Gasteiger partial charge in [-0.05, 0) is 55.9 Å². The lowest BCUT2D eigenvalue weighted by atomic mass is 9.73. The summed E-state index contributed by atoms with van der Waals surface area (Å²) in [5, 5.41) is 11.4. The first kappa shape index (κ1) is 21.3. The third kappa shape index (κ3) is 3.77. The zero-order valence-electron chi connectivity index (χ0n) is 18.5. The second kappa shape index (κ2) is 8.45. The highest BCUT2D eigenvalue weighted by Gasteiger charge is 2.62. The molecular formula is C25H31N3O4. The number of fused-ring (bicyclic) bond motifs is 2. The van der Waals surface area contributed by atoms with Gasteiger partial charge in [0.05, 0.1) is 17.2 Å². The molecule has 1 aromatic heterocycles. The Labute approximate surface area is 188 Å². The molecular weight excluding hydrogens is 406 g/mol. The summed E-state index contributed by atoms with van der Waals surface area (Å²) in [6, 6.07) is 8.54. The first-order valence-electron chi connectivity index (χ1n) is 11.6. The monoisotopic (exact) mass is 437 g/mol. The van der Waals surface area contributed by atoms with E-state index < -0.39 is 0 Å². The second-order valence-electron chi connectivity index (χ2n) is 9.76. The van der Waals surface area contributed by atoms with Gasteiger partial charge in [0.1, 0.15) is 0 Å². The molecule has 4 fully saturated rings. The standard InChI is InChI=1S/C24H29N3O2.CH2O2/c1-15-4-7-21-17(3-2-10-25-21)19(15)12-27-13-20-18(11-26-23(28)16-5-6-16)22-8-9-24(20,14-27)29-22;2-1-3/h2-4,7,10,16,18,20,22H,5-6,8-9,11-14H2,1H3,(H,26,28);1H,(H,2,3)/t18-,20+,22+,24+;/m0./s1. The van der Waals surface area contributed by atoms with Crippen LogP contribution in [0.15, 0.2) is 30.5 Å². The van der Waals surface area contributed by atoms with Crippen LogP contribution in [0.3, 0.4) is 0 Å². The molecule has 7 heteroatoms. The molecule has 0 radical (unpaired) electrons. The number of carbonyl (C=O) groups is 2. The number of pyridine rings is 1. The minimum atomic E-state index is -0.250. The van der Waals surface area contributed by atoms with Crippen molar-refractivity contribution < 1.29 is 19.4 Å². The Kier molecular flexibility index (Phi) is 5.63. The molecule has 7 nitrogen and oxygen atoms in total. The van der Waals surface area contributed by atoms with Gasteiger partial charge in [-0.25, -0.2) is 0 Å². The largest absolute Gasteiger partial charge is 0.483 e. The molecule has 1 aromatic carbocycles. The Morgan fingerprint density at radius 2 is 2.16 bits per heavy atom. The Balaban J connectivity index is 0.000000684. The van der Waals surface area contributed by atoms with Crippen LogP contribution < -0.4 is 5.32 Å². The maximum absolute atomic E-state index is 12.2. The molecule has 170 valence electrons. The summed E-state index contributed by atoms with van der Waals surface area (Å²) < 4.78 is 6.59. The summed E-state index contributed by atoms with van der Waals surface area (Å²) in [6.45, 7) is 5.77. The Morgan fingerprint density at radius 3 is 2.94 bits per heavy atom. The van der Waals surface area contributed by atoms with Gasteiger partial charge in [0.15, 0.2) is 0 Å². The number of rotatable bonds is 5. The van der Waals surface area contributed by atoms with Gasteiger partial charge in [-0.2, -0.15) is 0 Å². The number of aryl methyl sites for hydroxylation is 1. The van der Waals surface area contributed by atoms with E-state index in [2.05, 4.69) is 40.3 Å². The lowest BCUT2D eigenvalue weighted by molar-refractivity contribution is -0.123. The molecule has 3 aliphatic heterocycles. The summed E-state index contributed by atoms with van der Waals surface area (Å²) in [7, 11) is 0. The van der Waals surface area contributed by atoms with E-state index in [1.54, 1.807) is 0 Å². The lowest BCUT2D eigenvalue weighted by Crippen LogP contribution is -2.42. The Bertz CT molecular complexity index is 1020. The summed E-state index contributed by atoms with van der Waals surface area (Å²) in [6.07, 6.45) is 6.65. The molecule has 3 saturated heterocycles. The van der Waals surface area contributed by atoms with E-state index in [1.807, 2.05) is 12.3 Å². The highest BCUT2D eigenvalue weighted by Crippen LogP contribution is 2.55. The van der Waals surface area contributed by atoms with Gasteiger partial charge >= 0.3 is 0 Å². The molecule has 2 N–H and O–H groups in total. The van der Waals surface area contributed by atoms with Crippen LogP contribution in [-0.4, -0.2) is 58.7 Å². The van der Waals surface area contributed by atoms with Crippen molar-refractivity contribution in [3.63, 3.8) is 0 Å². The first-order valence-corrected chi connectivity index (χ1v) is 11.6. The van der Waals surface area contributed by atoms with Crippen LogP contribution in [0.2, 0.25) is 0 Å². The van der Waals surface area contributed by atoms with Crippen LogP contribution in [-0.2, 0) is 20.9 Å². The summed E-state index contributed by atoms with van der Waals surface area (Å²) in [5.74, 6) is 1.54. The van der Waals surface area contributed by atoms with Gasteiger partial charge in [-0.3, -0.25) is 19.5 Å². The van der Waals surface area contributed by atoms with Gasteiger partial charge in [0.25, 0.3) is 6.47 Å². The molecule has 4 atom stereocenters. The highest BCUT2D eigenvalue weighted by atomic mass is 16.5.